The van der Waals surface area contributed by atoms with Crippen molar-refractivity contribution in [3.8, 4) is 0 Å². The summed E-state index contributed by atoms with van der Waals surface area (Å²) < 4.78 is 0. The number of nitrogens with two attached hydrogens (primary N) is 1. The third-order valence-electron chi connectivity index (χ3n) is 1.62. The van der Waals surface area contributed by atoms with Crippen LogP contribution in [0.25, 0.3) is 0 Å². The van der Waals surface area contributed by atoms with Crippen molar-refractivity contribution in [2.75, 3.05) is 6.54 Å². The second-order valence-corrected chi connectivity index (χ2v) is 2.66. The fourth-order valence-electron chi connectivity index (χ4n) is 0.937. The summed E-state index contributed by atoms with van der Waals surface area (Å²) >= 11 is 0. The molecule has 1 heterocycles. The lowest BCUT2D eigenvalue weighted by Gasteiger charge is -2.01. The zero-order valence-electron chi connectivity index (χ0n) is 7.78. The minimum atomic E-state index is -0.604. The lowest BCUT2D eigenvalue weighted by atomic mass is 10.2. The lowest BCUT2D eigenvalue weighted by molar-refractivity contribution is 0.0951. The Bertz CT molecular complexity index is 346. The van der Waals surface area contributed by atoms with Gasteiger partial charge in [0.25, 0.3) is 11.8 Å². The van der Waals surface area contributed by atoms with Gasteiger partial charge < -0.3 is 11.1 Å². The average Bonchev–Trinajstić information content (AvgIpc) is 2.18. The minimum absolute atomic E-state index is 0.151. The molecular formula is C9H11N3O2. The zero-order valence-corrected chi connectivity index (χ0v) is 7.78. The van der Waals surface area contributed by atoms with E-state index in [0.29, 0.717) is 12.1 Å². The number of hydrogen-bond donors (Lipinski definition) is 2. The minimum Gasteiger partial charge on any atom is -0.364 e. The molecule has 3 N–H and O–H groups in total. The topological polar surface area (TPSA) is 85.1 Å². The molecule has 14 heavy (non-hydrogen) atoms. The highest BCUT2D eigenvalue weighted by atomic mass is 16.2. The van der Waals surface area contributed by atoms with Gasteiger partial charge in [0.2, 0.25) is 0 Å². The van der Waals surface area contributed by atoms with Gasteiger partial charge >= 0.3 is 0 Å². The monoisotopic (exact) mass is 193 g/mol. The second-order valence-electron chi connectivity index (χ2n) is 2.66. The SMILES string of the molecule is CCNC(=O)c1ccc(C(N)=O)nc1. The highest BCUT2D eigenvalue weighted by molar-refractivity contribution is 5.95. The molecule has 0 bridgehead atoms. The highest BCUT2D eigenvalue weighted by Crippen LogP contribution is 1.99. The first-order valence-electron chi connectivity index (χ1n) is 4.19. The summed E-state index contributed by atoms with van der Waals surface area (Å²) in [6.45, 7) is 2.37. The van der Waals surface area contributed by atoms with Gasteiger partial charge in [0.1, 0.15) is 5.69 Å². The van der Waals surface area contributed by atoms with Crippen LogP contribution in [-0.4, -0.2) is 23.3 Å². The van der Waals surface area contributed by atoms with Gasteiger partial charge in [-0.3, -0.25) is 14.6 Å². The molecule has 0 radical (unpaired) electrons. The number of aromatic nitrogens is 1. The Balaban J connectivity index is 2.83. The quantitative estimate of drug-likeness (QED) is 0.704. The van der Waals surface area contributed by atoms with Crippen molar-refractivity contribution in [1.29, 1.82) is 0 Å². The number of primary amides is 1. The van der Waals surface area contributed by atoms with E-state index in [1.807, 2.05) is 6.92 Å². The fraction of sp³-hybridized carbons (Fsp3) is 0.222. The van der Waals surface area contributed by atoms with E-state index in [2.05, 4.69) is 10.3 Å². The molecule has 74 valence electrons. The summed E-state index contributed by atoms with van der Waals surface area (Å²) in [4.78, 5) is 25.7. The Hall–Kier alpha value is -1.91. The van der Waals surface area contributed by atoms with Crippen molar-refractivity contribution < 1.29 is 9.59 Å². The molecule has 0 aliphatic heterocycles. The fourth-order valence-corrected chi connectivity index (χ4v) is 0.937. The van der Waals surface area contributed by atoms with Crippen LogP contribution in [0.5, 0.6) is 0 Å². The molecule has 5 heteroatoms. The normalized spacial score (nSPS) is 9.50. The first-order valence-corrected chi connectivity index (χ1v) is 4.19. The van der Waals surface area contributed by atoms with E-state index in [1.165, 1.54) is 18.3 Å². The number of pyridine rings is 1. The van der Waals surface area contributed by atoms with Gasteiger partial charge in [-0.15, -0.1) is 0 Å². The van der Waals surface area contributed by atoms with Gasteiger partial charge in [-0.1, -0.05) is 0 Å². The van der Waals surface area contributed by atoms with E-state index in [-0.39, 0.29) is 11.6 Å². The van der Waals surface area contributed by atoms with Crippen molar-refractivity contribution in [1.82, 2.24) is 10.3 Å². The lowest BCUT2D eigenvalue weighted by Crippen LogP contribution is -2.23. The van der Waals surface area contributed by atoms with Crippen LogP contribution in [0.1, 0.15) is 27.8 Å². The third-order valence-corrected chi connectivity index (χ3v) is 1.62. The van der Waals surface area contributed by atoms with Gasteiger partial charge in [0.15, 0.2) is 0 Å². The molecule has 5 nitrogen and oxygen atoms in total. The Morgan fingerprint density at radius 1 is 1.50 bits per heavy atom. The third kappa shape index (κ3) is 2.29. The molecule has 0 aliphatic rings. The van der Waals surface area contributed by atoms with E-state index in [0.717, 1.165) is 0 Å². The van der Waals surface area contributed by atoms with E-state index in [1.54, 1.807) is 0 Å². The number of amides is 2. The van der Waals surface area contributed by atoms with Gasteiger partial charge in [0.05, 0.1) is 5.56 Å². The average molecular weight is 193 g/mol. The van der Waals surface area contributed by atoms with Crippen LogP contribution in [-0.2, 0) is 0 Å². The predicted molar refractivity (Wildman–Crippen MR) is 50.8 cm³/mol. The van der Waals surface area contributed by atoms with Crippen molar-refractivity contribution >= 4 is 11.8 Å². The summed E-state index contributed by atoms with van der Waals surface area (Å²) in [6, 6.07) is 2.94. The Labute approximate surface area is 81.3 Å². The molecule has 0 aliphatic carbocycles. The van der Waals surface area contributed by atoms with Gasteiger partial charge in [-0.25, -0.2) is 0 Å². The van der Waals surface area contributed by atoms with Gasteiger partial charge in [0, 0.05) is 12.7 Å². The number of nitrogens with zero attached hydrogens (tertiary/aromatic N) is 1. The predicted octanol–water partition coefficient (Wildman–Crippen LogP) is -0.0698. The molecular weight excluding hydrogens is 182 g/mol. The zero-order chi connectivity index (χ0) is 10.6. The molecule has 1 aromatic heterocycles. The molecule has 0 unspecified atom stereocenters. The molecule has 1 aromatic rings. The Kier molecular flexibility index (Phi) is 3.17. The summed E-state index contributed by atoms with van der Waals surface area (Å²) in [5.41, 5.74) is 5.56. The van der Waals surface area contributed by atoms with Crippen molar-refractivity contribution in [3.63, 3.8) is 0 Å². The molecule has 0 saturated carbocycles. The first-order chi connectivity index (χ1) is 6.65. The van der Waals surface area contributed by atoms with Crippen LogP contribution < -0.4 is 11.1 Å². The molecule has 0 aromatic carbocycles. The van der Waals surface area contributed by atoms with E-state index >= 15 is 0 Å². The molecule has 0 spiro atoms. The molecule has 0 saturated heterocycles. The maximum atomic E-state index is 11.3. The smallest absolute Gasteiger partial charge is 0.267 e. The van der Waals surface area contributed by atoms with Crippen LogP contribution in [0.3, 0.4) is 0 Å². The number of carbonyl (C=O) groups is 2. The van der Waals surface area contributed by atoms with Gasteiger partial charge in [-0.2, -0.15) is 0 Å². The number of rotatable bonds is 3. The molecule has 2 amide bonds. The maximum absolute atomic E-state index is 11.3. The van der Waals surface area contributed by atoms with Crippen LogP contribution >= 0.6 is 0 Å². The van der Waals surface area contributed by atoms with Crippen LogP contribution in [0.4, 0.5) is 0 Å². The van der Waals surface area contributed by atoms with Gasteiger partial charge in [-0.05, 0) is 19.1 Å². The molecule has 1 rings (SSSR count). The maximum Gasteiger partial charge on any atom is 0.267 e. The summed E-state index contributed by atoms with van der Waals surface area (Å²) in [7, 11) is 0. The number of hydrogen-bond acceptors (Lipinski definition) is 3. The summed E-state index contributed by atoms with van der Waals surface area (Å²) in [6.07, 6.45) is 1.32. The first kappa shape index (κ1) is 10.2. The number of carbonyl (C=O) groups excluding carboxylic acids is 2. The van der Waals surface area contributed by atoms with Crippen molar-refractivity contribution in [3.05, 3.63) is 29.6 Å². The van der Waals surface area contributed by atoms with Crippen LogP contribution in [0.15, 0.2) is 18.3 Å². The molecule has 0 fully saturated rings. The standard InChI is InChI=1S/C9H11N3O2/c1-2-11-9(14)6-3-4-7(8(10)13)12-5-6/h3-5H,2H2,1H3,(H2,10,13)(H,11,14). The second kappa shape index (κ2) is 4.36. The van der Waals surface area contributed by atoms with Crippen LogP contribution in [0.2, 0.25) is 0 Å². The Morgan fingerprint density at radius 2 is 2.21 bits per heavy atom. The van der Waals surface area contributed by atoms with E-state index < -0.39 is 5.91 Å². The van der Waals surface area contributed by atoms with E-state index in [9.17, 15) is 9.59 Å². The Morgan fingerprint density at radius 3 is 2.64 bits per heavy atom. The largest absolute Gasteiger partial charge is 0.364 e. The summed E-state index contributed by atoms with van der Waals surface area (Å²) in [5.74, 6) is -0.816. The van der Waals surface area contributed by atoms with Crippen LogP contribution in [0, 0.1) is 0 Å². The highest BCUT2D eigenvalue weighted by Gasteiger charge is 2.06. The van der Waals surface area contributed by atoms with E-state index in [4.69, 9.17) is 5.73 Å². The van der Waals surface area contributed by atoms with Crippen molar-refractivity contribution in [2.45, 2.75) is 6.92 Å². The number of nitrogens with one attached hydrogen (secondary N) is 1. The summed E-state index contributed by atoms with van der Waals surface area (Å²) in [5, 5.41) is 2.62. The van der Waals surface area contributed by atoms with Crippen molar-refractivity contribution in [2.24, 2.45) is 5.73 Å². The molecule has 0 atom stereocenters.